The van der Waals surface area contributed by atoms with Crippen molar-refractivity contribution in [3.05, 3.63) is 34.3 Å². The van der Waals surface area contributed by atoms with E-state index >= 15 is 0 Å². The summed E-state index contributed by atoms with van der Waals surface area (Å²) in [7, 11) is 0. The van der Waals surface area contributed by atoms with Crippen LogP contribution in [-0.4, -0.2) is 6.04 Å². The molecule has 2 N–H and O–H groups in total. The SMILES string of the molecule is CCCCCCC(N)Cc1ccc(Br)cc1. The van der Waals surface area contributed by atoms with Crippen LogP contribution in [0.4, 0.5) is 0 Å². The maximum Gasteiger partial charge on any atom is 0.0175 e. The van der Waals surface area contributed by atoms with Gasteiger partial charge in [0.2, 0.25) is 0 Å². The fourth-order valence-corrected chi connectivity index (χ4v) is 2.12. The molecule has 1 rings (SSSR count). The number of benzene rings is 1. The van der Waals surface area contributed by atoms with E-state index < -0.39 is 0 Å². The van der Waals surface area contributed by atoms with E-state index in [1.807, 2.05) is 0 Å². The van der Waals surface area contributed by atoms with Gasteiger partial charge < -0.3 is 5.73 Å². The molecule has 0 radical (unpaired) electrons. The molecule has 0 aliphatic rings. The molecule has 0 heterocycles. The van der Waals surface area contributed by atoms with Crippen molar-refractivity contribution in [1.82, 2.24) is 0 Å². The molecule has 0 saturated heterocycles. The topological polar surface area (TPSA) is 26.0 Å². The number of halogens is 1. The minimum Gasteiger partial charge on any atom is -0.327 e. The van der Waals surface area contributed by atoms with Gasteiger partial charge in [0, 0.05) is 10.5 Å². The Morgan fingerprint density at radius 1 is 1.12 bits per heavy atom. The minimum absolute atomic E-state index is 0.318. The van der Waals surface area contributed by atoms with Gasteiger partial charge in [0.05, 0.1) is 0 Å². The Hall–Kier alpha value is -0.340. The zero-order chi connectivity index (χ0) is 11.8. The Morgan fingerprint density at radius 3 is 2.44 bits per heavy atom. The van der Waals surface area contributed by atoms with Gasteiger partial charge in [0.1, 0.15) is 0 Å². The van der Waals surface area contributed by atoms with E-state index in [-0.39, 0.29) is 0 Å². The molecule has 0 bridgehead atoms. The predicted molar refractivity (Wildman–Crippen MR) is 74.6 cm³/mol. The van der Waals surface area contributed by atoms with Crippen LogP contribution in [0.15, 0.2) is 28.7 Å². The first kappa shape index (κ1) is 13.7. The third-order valence-corrected chi connectivity index (χ3v) is 3.37. The second kappa shape index (κ2) is 7.86. The van der Waals surface area contributed by atoms with Crippen molar-refractivity contribution in [1.29, 1.82) is 0 Å². The molecule has 0 spiro atoms. The monoisotopic (exact) mass is 283 g/mol. The fourth-order valence-electron chi connectivity index (χ4n) is 1.86. The standard InChI is InChI=1S/C14H22BrN/c1-2-3-4-5-6-14(16)11-12-7-9-13(15)10-8-12/h7-10,14H,2-6,11,16H2,1H3. The van der Waals surface area contributed by atoms with Crippen LogP contribution < -0.4 is 5.73 Å². The smallest absolute Gasteiger partial charge is 0.0175 e. The Bertz CT molecular complexity index is 281. The molecule has 0 aliphatic heterocycles. The number of unbranched alkanes of at least 4 members (excludes halogenated alkanes) is 3. The molecule has 0 amide bonds. The quantitative estimate of drug-likeness (QED) is 0.743. The molecular formula is C14H22BrN. The second-order valence-electron chi connectivity index (χ2n) is 4.44. The maximum atomic E-state index is 6.11. The van der Waals surface area contributed by atoms with E-state index in [9.17, 15) is 0 Å². The minimum atomic E-state index is 0.318. The van der Waals surface area contributed by atoms with Crippen molar-refractivity contribution >= 4 is 15.9 Å². The van der Waals surface area contributed by atoms with Crippen LogP contribution in [0, 0.1) is 0 Å². The summed E-state index contributed by atoms with van der Waals surface area (Å²) >= 11 is 3.44. The van der Waals surface area contributed by atoms with Crippen LogP contribution >= 0.6 is 15.9 Å². The van der Waals surface area contributed by atoms with E-state index in [2.05, 4.69) is 47.1 Å². The van der Waals surface area contributed by atoms with Crippen LogP contribution in [0.25, 0.3) is 0 Å². The maximum absolute atomic E-state index is 6.11. The van der Waals surface area contributed by atoms with E-state index in [4.69, 9.17) is 5.73 Å². The first-order valence-corrected chi connectivity index (χ1v) is 7.01. The Kier molecular flexibility index (Phi) is 6.74. The van der Waals surface area contributed by atoms with E-state index in [1.54, 1.807) is 0 Å². The van der Waals surface area contributed by atoms with Gasteiger partial charge in [0.15, 0.2) is 0 Å². The van der Waals surface area contributed by atoms with Gasteiger partial charge in [0.25, 0.3) is 0 Å². The third kappa shape index (κ3) is 5.66. The van der Waals surface area contributed by atoms with Crippen LogP contribution in [0.1, 0.15) is 44.6 Å². The summed E-state index contributed by atoms with van der Waals surface area (Å²) in [5.41, 5.74) is 7.45. The summed E-state index contributed by atoms with van der Waals surface area (Å²) in [5, 5.41) is 0. The summed E-state index contributed by atoms with van der Waals surface area (Å²) < 4.78 is 1.13. The highest BCUT2D eigenvalue weighted by Crippen LogP contribution is 2.13. The Morgan fingerprint density at radius 2 is 1.81 bits per heavy atom. The van der Waals surface area contributed by atoms with E-state index in [1.165, 1.54) is 31.2 Å². The van der Waals surface area contributed by atoms with Gasteiger partial charge >= 0.3 is 0 Å². The van der Waals surface area contributed by atoms with Gasteiger partial charge in [-0.3, -0.25) is 0 Å². The molecule has 1 nitrogen and oxygen atoms in total. The molecule has 0 aliphatic carbocycles. The Labute approximate surface area is 108 Å². The Balaban J connectivity index is 2.23. The molecule has 1 aromatic carbocycles. The number of hydrogen-bond donors (Lipinski definition) is 1. The summed E-state index contributed by atoms with van der Waals surface area (Å²) in [4.78, 5) is 0. The molecule has 0 saturated carbocycles. The van der Waals surface area contributed by atoms with Crippen LogP contribution in [0.2, 0.25) is 0 Å². The van der Waals surface area contributed by atoms with Crippen LogP contribution in [0.3, 0.4) is 0 Å². The van der Waals surface area contributed by atoms with Crippen molar-refractivity contribution in [2.24, 2.45) is 5.73 Å². The van der Waals surface area contributed by atoms with Gasteiger partial charge in [-0.2, -0.15) is 0 Å². The zero-order valence-corrected chi connectivity index (χ0v) is 11.7. The lowest BCUT2D eigenvalue weighted by Gasteiger charge is -2.11. The highest BCUT2D eigenvalue weighted by molar-refractivity contribution is 9.10. The van der Waals surface area contributed by atoms with Crippen molar-refractivity contribution in [3.8, 4) is 0 Å². The lowest BCUT2D eigenvalue weighted by atomic mass is 10.0. The lowest BCUT2D eigenvalue weighted by Crippen LogP contribution is -2.22. The van der Waals surface area contributed by atoms with Crippen molar-refractivity contribution in [2.75, 3.05) is 0 Å². The molecule has 0 aromatic heterocycles. The van der Waals surface area contributed by atoms with Gasteiger partial charge in [-0.05, 0) is 30.5 Å². The van der Waals surface area contributed by atoms with Gasteiger partial charge in [-0.1, -0.05) is 60.7 Å². The van der Waals surface area contributed by atoms with Gasteiger partial charge in [-0.25, -0.2) is 0 Å². The first-order valence-electron chi connectivity index (χ1n) is 6.22. The number of hydrogen-bond acceptors (Lipinski definition) is 1. The van der Waals surface area contributed by atoms with Crippen LogP contribution in [0.5, 0.6) is 0 Å². The van der Waals surface area contributed by atoms with Crippen molar-refractivity contribution in [2.45, 2.75) is 51.5 Å². The highest BCUT2D eigenvalue weighted by Gasteiger charge is 2.03. The largest absolute Gasteiger partial charge is 0.327 e. The van der Waals surface area contributed by atoms with Crippen molar-refractivity contribution < 1.29 is 0 Å². The first-order chi connectivity index (χ1) is 7.72. The average molecular weight is 284 g/mol. The molecule has 1 atom stereocenters. The molecule has 2 heteroatoms. The zero-order valence-electron chi connectivity index (χ0n) is 10.1. The second-order valence-corrected chi connectivity index (χ2v) is 5.36. The highest BCUT2D eigenvalue weighted by atomic mass is 79.9. The predicted octanol–water partition coefficient (Wildman–Crippen LogP) is 4.29. The molecule has 0 fully saturated rings. The van der Waals surface area contributed by atoms with Crippen molar-refractivity contribution in [3.63, 3.8) is 0 Å². The number of nitrogens with two attached hydrogens (primary N) is 1. The third-order valence-electron chi connectivity index (χ3n) is 2.84. The summed E-state index contributed by atoms with van der Waals surface area (Å²) in [6.45, 7) is 2.24. The molecule has 1 aromatic rings. The van der Waals surface area contributed by atoms with Crippen LogP contribution in [-0.2, 0) is 6.42 Å². The van der Waals surface area contributed by atoms with E-state index in [0.29, 0.717) is 6.04 Å². The summed E-state index contributed by atoms with van der Waals surface area (Å²) in [5.74, 6) is 0. The van der Waals surface area contributed by atoms with Gasteiger partial charge in [-0.15, -0.1) is 0 Å². The summed E-state index contributed by atoms with van der Waals surface area (Å²) in [6.07, 6.45) is 7.37. The molecular weight excluding hydrogens is 262 g/mol. The molecule has 16 heavy (non-hydrogen) atoms. The number of rotatable bonds is 7. The molecule has 1 unspecified atom stereocenters. The molecule has 90 valence electrons. The lowest BCUT2D eigenvalue weighted by molar-refractivity contribution is 0.546. The summed E-state index contributed by atoms with van der Waals surface area (Å²) in [6, 6.07) is 8.78. The fraction of sp³-hybridized carbons (Fsp3) is 0.571. The normalized spacial score (nSPS) is 12.7. The van der Waals surface area contributed by atoms with E-state index in [0.717, 1.165) is 17.3 Å². The average Bonchev–Trinajstić information content (AvgIpc) is 2.28.